The molecule has 2 aromatic rings. The molecule has 0 aromatic carbocycles. The first-order chi connectivity index (χ1) is 8.54. The summed E-state index contributed by atoms with van der Waals surface area (Å²) in [7, 11) is 0. The van der Waals surface area contributed by atoms with Crippen LogP contribution in [0.4, 0.5) is 5.82 Å². The van der Waals surface area contributed by atoms with Gasteiger partial charge in [0.2, 0.25) is 0 Å². The van der Waals surface area contributed by atoms with E-state index in [0.29, 0.717) is 23.9 Å². The number of nitrogens with zero attached hydrogens (tertiary/aromatic N) is 2. The highest BCUT2D eigenvalue weighted by Gasteiger charge is 2.06. The molecular weight excluding hydrogens is 232 g/mol. The Bertz CT molecular complexity index is 586. The number of hydrogen-bond acceptors (Lipinski definition) is 5. The molecule has 0 fully saturated rings. The molecule has 2 rings (SSSR count). The summed E-state index contributed by atoms with van der Waals surface area (Å²) in [6.07, 6.45) is 0. The number of hydrogen-bond donors (Lipinski definition) is 2. The average Bonchev–Trinajstić information content (AvgIpc) is 2.72. The third kappa shape index (κ3) is 2.97. The molecule has 6 heteroatoms. The topological polar surface area (TPSA) is 83.8 Å². The minimum Gasteiger partial charge on any atom is -0.362 e. The molecular formula is C12H16N4O2. The Balaban J connectivity index is 2.11. The van der Waals surface area contributed by atoms with Crippen molar-refractivity contribution in [3.63, 3.8) is 0 Å². The maximum absolute atomic E-state index is 11.5. The fourth-order valence-electron chi connectivity index (χ4n) is 1.52. The van der Waals surface area contributed by atoms with E-state index in [9.17, 15) is 4.79 Å². The Hall–Kier alpha value is -2.11. The lowest BCUT2D eigenvalue weighted by Gasteiger charge is -2.07. The molecule has 0 unspecified atom stereocenters. The highest BCUT2D eigenvalue weighted by atomic mass is 16.5. The van der Waals surface area contributed by atoms with E-state index in [0.717, 1.165) is 5.69 Å². The Kier molecular flexibility index (Phi) is 3.45. The molecule has 0 aliphatic carbocycles. The summed E-state index contributed by atoms with van der Waals surface area (Å²) in [6, 6.07) is 3.26. The van der Waals surface area contributed by atoms with Gasteiger partial charge >= 0.3 is 0 Å². The lowest BCUT2D eigenvalue weighted by molar-refractivity contribution is 0.384. The molecule has 2 heterocycles. The Morgan fingerprint density at radius 3 is 2.83 bits per heavy atom. The van der Waals surface area contributed by atoms with Crippen molar-refractivity contribution in [3.8, 4) is 0 Å². The van der Waals surface area contributed by atoms with Crippen molar-refractivity contribution in [2.24, 2.45) is 0 Å². The molecule has 2 aromatic heterocycles. The van der Waals surface area contributed by atoms with Crippen LogP contribution in [0.5, 0.6) is 0 Å². The van der Waals surface area contributed by atoms with E-state index in [-0.39, 0.29) is 11.5 Å². The largest absolute Gasteiger partial charge is 0.362 e. The molecule has 2 N–H and O–H groups in total. The standard InChI is InChI=1S/C12H16N4O2/c1-7(2)12-14-10(5-11(17)15-12)13-6-9-4-8(3)16-18-9/h4-5,7H,6H2,1-3H3,(H2,13,14,15,17). The van der Waals surface area contributed by atoms with E-state index in [1.165, 1.54) is 6.07 Å². The third-order valence-corrected chi connectivity index (χ3v) is 2.43. The number of anilines is 1. The maximum atomic E-state index is 11.5. The van der Waals surface area contributed by atoms with E-state index >= 15 is 0 Å². The van der Waals surface area contributed by atoms with Gasteiger partial charge in [-0.2, -0.15) is 0 Å². The van der Waals surface area contributed by atoms with Crippen molar-refractivity contribution >= 4 is 5.82 Å². The van der Waals surface area contributed by atoms with E-state index in [2.05, 4.69) is 20.4 Å². The Labute approximate surface area is 104 Å². The van der Waals surface area contributed by atoms with Crippen molar-refractivity contribution in [1.29, 1.82) is 0 Å². The molecule has 0 amide bonds. The zero-order chi connectivity index (χ0) is 13.1. The second kappa shape index (κ2) is 5.03. The van der Waals surface area contributed by atoms with E-state index in [1.807, 2.05) is 26.8 Å². The zero-order valence-electron chi connectivity index (χ0n) is 10.7. The second-order valence-electron chi connectivity index (χ2n) is 4.46. The monoisotopic (exact) mass is 248 g/mol. The quantitative estimate of drug-likeness (QED) is 0.862. The van der Waals surface area contributed by atoms with Crippen LogP contribution in [0.1, 0.15) is 37.0 Å². The fraction of sp³-hybridized carbons (Fsp3) is 0.417. The second-order valence-corrected chi connectivity index (χ2v) is 4.46. The molecule has 0 saturated carbocycles. The van der Waals surface area contributed by atoms with Gasteiger partial charge in [-0.05, 0) is 6.92 Å². The molecule has 18 heavy (non-hydrogen) atoms. The van der Waals surface area contributed by atoms with Crippen molar-refractivity contribution in [2.75, 3.05) is 5.32 Å². The van der Waals surface area contributed by atoms with Crippen LogP contribution in [0.15, 0.2) is 21.5 Å². The third-order valence-electron chi connectivity index (χ3n) is 2.43. The number of aromatic nitrogens is 3. The molecule has 0 bridgehead atoms. The van der Waals surface area contributed by atoms with Crippen LogP contribution in [0.25, 0.3) is 0 Å². The van der Waals surface area contributed by atoms with Crippen molar-refractivity contribution in [1.82, 2.24) is 15.1 Å². The smallest absolute Gasteiger partial charge is 0.252 e. The van der Waals surface area contributed by atoms with Gasteiger partial charge in [0.15, 0.2) is 5.76 Å². The van der Waals surface area contributed by atoms with Crippen LogP contribution in [-0.4, -0.2) is 15.1 Å². The first-order valence-corrected chi connectivity index (χ1v) is 5.82. The molecule has 0 radical (unpaired) electrons. The van der Waals surface area contributed by atoms with Crippen LogP contribution in [-0.2, 0) is 6.54 Å². The molecule has 0 aliphatic heterocycles. The predicted molar refractivity (Wildman–Crippen MR) is 67.5 cm³/mol. The fourth-order valence-corrected chi connectivity index (χ4v) is 1.52. The van der Waals surface area contributed by atoms with Crippen molar-refractivity contribution in [2.45, 2.75) is 33.2 Å². The lowest BCUT2D eigenvalue weighted by atomic mass is 10.2. The van der Waals surface area contributed by atoms with Gasteiger partial charge in [-0.3, -0.25) is 4.79 Å². The molecule has 6 nitrogen and oxygen atoms in total. The van der Waals surface area contributed by atoms with Gasteiger partial charge in [0, 0.05) is 18.1 Å². The summed E-state index contributed by atoms with van der Waals surface area (Å²) in [6.45, 7) is 6.26. The highest BCUT2D eigenvalue weighted by molar-refractivity contribution is 5.33. The number of nitrogens with one attached hydrogen (secondary N) is 2. The first kappa shape index (κ1) is 12.3. The van der Waals surface area contributed by atoms with Crippen molar-refractivity contribution in [3.05, 3.63) is 39.8 Å². The van der Waals surface area contributed by atoms with Gasteiger partial charge in [-0.25, -0.2) is 4.98 Å². The minimum absolute atomic E-state index is 0.162. The van der Waals surface area contributed by atoms with Gasteiger partial charge < -0.3 is 14.8 Å². The van der Waals surface area contributed by atoms with Crippen LogP contribution in [0.2, 0.25) is 0 Å². The Morgan fingerprint density at radius 1 is 1.44 bits per heavy atom. The summed E-state index contributed by atoms with van der Waals surface area (Å²) in [4.78, 5) is 18.5. The molecule has 0 atom stereocenters. The lowest BCUT2D eigenvalue weighted by Crippen LogP contribution is -2.14. The zero-order valence-corrected chi connectivity index (χ0v) is 10.7. The predicted octanol–water partition coefficient (Wildman–Crippen LogP) is 1.80. The summed E-state index contributed by atoms with van der Waals surface area (Å²) < 4.78 is 5.07. The van der Waals surface area contributed by atoms with Gasteiger partial charge in [0.25, 0.3) is 5.56 Å². The van der Waals surface area contributed by atoms with Crippen LogP contribution in [0.3, 0.4) is 0 Å². The van der Waals surface area contributed by atoms with Gasteiger partial charge in [-0.15, -0.1) is 0 Å². The van der Waals surface area contributed by atoms with Gasteiger partial charge in [0.1, 0.15) is 11.6 Å². The van der Waals surface area contributed by atoms with Crippen molar-refractivity contribution < 1.29 is 4.52 Å². The SMILES string of the molecule is Cc1cc(CNc2cc(=O)[nH]c(C(C)C)n2)on1. The number of H-pyrrole nitrogens is 1. The highest BCUT2D eigenvalue weighted by Crippen LogP contribution is 2.10. The number of aromatic amines is 1. The van der Waals surface area contributed by atoms with Crippen LogP contribution in [0, 0.1) is 6.92 Å². The van der Waals surface area contributed by atoms with E-state index in [1.54, 1.807) is 0 Å². The molecule has 0 spiro atoms. The normalized spacial score (nSPS) is 10.9. The maximum Gasteiger partial charge on any atom is 0.252 e. The molecule has 96 valence electrons. The number of rotatable bonds is 4. The molecule has 0 aliphatic rings. The summed E-state index contributed by atoms with van der Waals surface area (Å²) in [5.41, 5.74) is 0.665. The van der Waals surface area contributed by atoms with E-state index < -0.39 is 0 Å². The van der Waals surface area contributed by atoms with Crippen LogP contribution < -0.4 is 10.9 Å². The molecule has 0 saturated heterocycles. The minimum atomic E-state index is -0.162. The van der Waals surface area contributed by atoms with E-state index in [4.69, 9.17) is 4.52 Å². The first-order valence-electron chi connectivity index (χ1n) is 5.82. The number of aryl methyl sites for hydroxylation is 1. The Morgan fingerprint density at radius 2 is 2.22 bits per heavy atom. The summed E-state index contributed by atoms with van der Waals surface area (Å²) in [5, 5.41) is 6.83. The average molecular weight is 248 g/mol. The van der Waals surface area contributed by atoms with Gasteiger partial charge in [-0.1, -0.05) is 19.0 Å². The summed E-state index contributed by atoms with van der Waals surface area (Å²) >= 11 is 0. The van der Waals surface area contributed by atoms with Crippen LogP contribution >= 0.6 is 0 Å². The van der Waals surface area contributed by atoms with Gasteiger partial charge in [0.05, 0.1) is 12.2 Å². The summed E-state index contributed by atoms with van der Waals surface area (Å²) in [5.74, 6) is 2.09.